The molecule has 0 aliphatic rings. The summed E-state index contributed by atoms with van der Waals surface area (Å²) in [4.78, 5) is 4.45. The van der Waals surface area contributed by atoms with Crippen molar-refractivity contribution in [1.29, 1.82) is 0 Å². The van der Waals surface area contributed by atoms with E-state index in [9.17, 15) is 4.39 Å². The van der Waals surface area contributed by atoms with Gasteiger partial charge in [0.05, 0.1) is 7.11 Å². The van der Waals surface area contributed by atoms with Crippen LogP contribution in [0.25, 0.3) is 16.9 Å². The summed E-state index contributed by atoms with van der Waals surface area (Å²) < 4.78 is 20.9. The molecule has 0 saturated carbocycles. The number of anilines is 1. The molecule has 0 radical (unpaired) electrons. The highest BCUT2D eigenvalue weighted by Gasteiger charge is 2.15. The number of benzene rings is 1. The van der Waals surface area contributed by atoms with Crippen LogP contribution in [0.3, 0.4) is 0 Å². The molecule has 0 saturated heterocycles. The van der Waals surface area contributed by atoms with Gasteiger partial charge in [0, 0.05) is 16.2 Å². The minimum atomic E-state index is -0.363. The fourth-order valence-electron chi connectivity index (χ4n) is 2.05. The summed E-state index contributed by atoms with van der Waals surface area (Å²) in [5.41, 5.74) is 8.05. The van der Waals surface area contributed by atoms with Crippen molar-refractivity contribution >= 4 is 27.4 Å². The Morgan fingerprint density at radius 3 is 2.85 bits per heavy atom. The number of hydrogen-bond acceptors (Lipinski definition) is 3. The molecule has 6 heteroatoms. The number of fused-ring (bicyclic) bond motifs is 1. The van der Waals surface area contributed by atoms with E-state index >= 15 is 0 Å². The normalized spacial score (nSPS) is 10.9. The summed E-state index contributed by atoms with van der Waals surface area (Å²) in [6.07, 6.45) is 1.31. The molecule has 2 heterocycles. The zero-order valence-corrected chi connectivity index (χ0v) is 12.2. The quantitative estimate of drug-likeness (QED) is 0.779. The predicted octanol–water partition coefficient (Wildman–Crippen LogP) is 3.49. The maximum atomic E-state index is 13.3. The lowest BCUT2D eigenvalue weighted by Gasteiger charge is -2.06. The first-order chi connectivity index (χ1) is 9.60. The van der Waals surface area contributed by atoms with E-state index in [1.807, 2.05) is 18.2 Å². The second kappa shape index (κ2) is 4.79. The van der Waals surface area contributed by atoms with Crippen LogP contribution in [-0.2, 0) is 0 Å². The molecule has 0 unspecified atom stereocenters. The van der Waals surface area contributed by atoms with Crippen LogP contribution >= 0.6 is 15.9 Å². The molecule has 0 bridgehead atoms. The molecular formula is C14H11BrFN3O. The molecule has 20 heavy (non-hydrogen) atoms. The number of nitrogens with two attached hydrogens (primary N) is 1. The van der Waals surface area contributed by atoms with Crippen molar-refractivity contribution in [2.75, 3.05) is 12.8 Å². The summed E-state index contributed by atoms with van der Waals surface area (Å²) in [7, 11) is 1.59. The molecule has 0 atom stereocenters. The number of imidazole rings is 1. The van der Waals surface area contributed by atoms with Crippen LogP contribution in [0.1, 0.15) is 0 Å². The van der Waals surface area contributed by atoms with Crippen molar-refractivity contribution < 1.29 is 9.13 Å². The number of methoxy groups -OCH3 is 1. The molecule has 2 N–H and O–H groups in total. The molecular weight excluding hydrogens is 325 g/mol. The van der Waals surface area contributed by atoms with Gasteiger partial charge in [-0.1, -0.05) is 15.9 Å². The van der Waals surface area contributed by atoms with E-state index in [0.717, 1.165) is 10.0 Å². The van der Waals surface area contributed by atoms with Crippen LogP contribution in [0.15, 0.2) is 41.0 Å². The number of rotatable bonds is 2. The molecule has 1 aromatic carbocycles. The van der Waals surface area contributed by atoms with Gasteiger partial charge in [0.2, 0.25) is 0 Å². The van der Waals surface area contributed by atoms with E-state index in [2.05, 4.69) is 20.9 Å². The van der Waals surface area contributed by atoms with Gasteiger partial charge >= 0.3 is 0 Å². The highest BCUT2D eigenvalue weighted by atomic mass is 79.9. The van der Waals surface area contributed by atoms with Gasteiger partial charge in [0.15, 0.2) is 0 Å². The minimum absolute atomic E-state index is 0.363. The Labute approximate surface area is 123 Å². The zero-order chi connectivity index (χ0) is 14.3. The first kappa shape index (κ1) is 12.9. The molecule has 0 aliphatic heterocycles. The van der Waals surface area contributed by atoms with E-state index in [-0.39, 0.29) is 5.82 Å². The molecule has 0 aliphatic carbocycles. The lowest BCUT2D eigenvalue weighted by Crippen LogP contribution is -1.95. The Morgan fingerprint density at radius 1 is 1.30 bits per heavy atom. The summed E-state index contributed by atoms with van der Waals surface area (Å²) in [5.74, 6) is 0.720. The fourth-order valence-corrected chi connectivity index (χ4v) is 2.48. The fraction of sp³-hybridized carbons (Fsp3) is 0.0714. The molecule has 0 amide bonds. The minimum Gasteiger partial charge on any atom is -0.497 e. The first-order valence-electron chi connectivity index (χ1n) is 5.87. The van der Waals surface area contributed by atoms with Gasteiger partial charge in [-0.15, -0.1) is 0 Å². The van der Waals surface area contributed by atoms with E-state index in [0.29, 0.717) is 22.9 Å². The smallest absolute Gasteiger partial charge is 0.140 e. The Balaban J connectivity index is 2.27. The molecule has 0 spiro atoms. The van der Waals surface area contributed by atoms with Crippen molar-refractivity contribution in [1.82, 2.24) is 9.38 Å². The van der Waals surface area contributed by atoms with E-state index in [4.69, 9.17) is 10.5 Å². The van der Waals surface area contributed by atoms with Crippen molar-refractivity contribution in [3.63, 3.8) is 0 Å². The van der Waals surface area contributed by atoms with Gasteiger partial charge in [-0.25, -0.2) is 9.37 Å². The Kier molecular flexibility index (Phi) is 3.10. The lowest BCUT2D eigenvalue weighted by molar-refractivity contribution is 0.415. The third kappa shape index (κ3) is 2.02. The number of pyridine rings is 1. The second-order valence-electron chi connectivity index (χ2n) is 4.27. The highest BCUT2D eigenvalue weighted by molar-refractivity contribution is 9.10. The average Bonchev–Trinajstić information content (AvgIpc) is 2.77. The highest BCUT2D eigenvalue weighted by Crippen LogP contribution is 2.34. The molecule has 2 aromatic heterocycles. The molecule has 3 rings (SSSR count). The monoisotopic (exact) mass is 335 g/mol. The summed E-state index contributed by atoms with van der Waals surface area (Å²) >= 11 is 3.47. The topological polar surface area (TPSA) is 52.5 Å². The van der Waals surface area contributed by atoms with Gasteiger partial charge in [-0.3, -0.25) is 4.40 Å². The average molecular weight is 336 g/mol. The third-order valence-corrected chi connectivity index (χ3v) is 3.74. The Hall–Kier alpha value is -2.08. The third-order valence-electron chi connectivity index (χ3n) is 3.05. The van der Waals surface area contributed by atoms with Gasteiger partial charge in [-0.2, -0.15) is 0 Å². The van der Waals surface area contributed by atoms with Crippen molar-refractivity contribution in [2.45, 2.75) is 0 Å². The van der Waals surface area contributed by atoms with Gasteiger partial charge < -0.3 is 10.5 Å². The predicted molar refractivity (Wildman–Crippen MR) is 79.3 cm³/mol. The van der Waals surface area contributed by atoms with Gasteiger partial charge in [0.25, 0.3) is 0 Å². The largest absolute Gasteiger partial charge is 0.497 e. The first-order valence-corrected chi connectivity index (χ1v) is 6.66. The van der Waals surface area contributed by atoms with Crippen LogP contribution in [0.5, 0.6) is 5.75 Å². The summed E-state index contributed by atoms with van der Waals surface area (Å²) in [6, 6.07) is 8.46. The van der Waals surface area contributed by atoms with Gasteiger partial charge in [0.1, 0.15) is 28.7 Å². The standard InChI is InChI=1S/C14H11BrFN3O/c1-20-9-3-4-11(15)10(6-9)13-14(17)19-7-8(16)2-5-12(19)18-13/h2-7H,17H2,1H3. The number of nitrogen functional groups attached to an aromatic ring is 1. The second-order valence-corrected chi connectivity index (χ2v) is 5.12. The maximum absolute atomic E-state index is 13.3. The van der Waals surface area contributed by atoms with E-state index in [1.165, 1.54) is 16.7 Å². The summed E-state index contributed by atoms with van der Waals surface area (Å²) in [5, 5.41) is 0. The van der Waals surface area contributed by atoms with Crippen LogP contribution in [0.4, 0.5) is 10.2 Å². The summed E-state index contributed by atoms with van der Waals surface area (Å²) in [6.45, 7) is 0. The number of halogens is 2. The van der Waals surface area contributed by atoms with Crippen molar-refractivity contribution in [3.05, 3.63) is 46.8 Å². The van der Waals surface area contributed by atoms with E-state index < -0.39 is 0 Å². The van der Waals surface area contributed by atoms with Crippen molar-refractivity contribution in [3.8, 4) is 17.0 Å². The van der Waals surface area contributed by atoms with Crippen molar-refractivity contribution in [2.24, 2.45) is 0 Å². The Bertz CT molecular complexity index is 800. The van der Waals surface area contributed by atoms with Crippen LogP contribution in [0, 0.1) is 5.82 Å². The molecule has 102 valence electrons. The maximum Gasteiger partial charge on any atom is 0.140 e. The van der Waals surface area contributed by atoms with Crippen LogP contribution < -0.4 is 10.5 Å². The number of nitrogens with zero attached hydrogens (tertiary/aromatic N) is 2. The molecule has 4 nitrogen and oxygen atoms in total. The van der Waals surface area contributed by atoms with E-state index in [1.54, 1.807) is 13.2 Å². The van der Waals surface area contributed by atoms with Crippen LogP contribution in [-0.4, -0.2) is 16.5 Å². The lowest BCUT2D eigenvalue weighted by atomic mass is 10.1. The molecule has 0 fully saturated rings. The molecule has 3 aromatic rings. The Morgan fingerprint density at radius 2 is 2.10 bits per heavy atom. The van der Waals surface area contributed by atoms with Crippen LogP contribution in [0.2, 0.25) is 0 Å². The SMILES string of the molecule is COc1ccc(Br)c(-c2nc3ccc(F)cn3c2N)c1. The zero-order valence-electron chi connectivity index (χ0n) is 10.6. The number of aromatic nitrogens is 2. The number of hydrogen-bond donors (Lipinski definition) is 1. The number of ether oxygens (including phenoxy) is 1. The van der Waals surface area contributed by atoms with Gasteiger partial charge in [-0.05, 0) is 30.3 Å².